The van der Waals surface area contributed by atoms with E-state index < -0.39 is 0 Å². The van der Waals surface area contributed by atoms with Crippen molar-refractivity contribution in [1.29, 1.82) is 0 Å². The lowest BCUT2D eigenvalue weighted by molar-refractivity contribution is 0.641. The second kappa shape index (κ2) is 2.80. The van der Waals surface area contributed by atoms with Gasteiger partial charge in [0.15, 0.2) is 0 Å². The van der Waals surface area contributed by atoms with E-state index in [0.717, 1.165) is 5.01 Å². The van der Waals surface area contributed by atoms with Crippen LogP contribution >= 0.6 is 11.3 Å². The van der Waals surface area contributed by atoms with Gasteiger partial charge in [0.2, 0.25) is 0 Å². The average Bonchev–Trinajstić information content (AvgIpc) is 2.49. The maximum absolute atomic E-state index is 13.1. The zero-order valence-corrected chi connectivity index (χ0v) is 7.07. The Hall–Kier alpha value is -1.00. The zero-order chi connectivity index (χ0) is 8.55. The van der Waals surface area contributed by atoms with Crippen LogP contribution in [0.2, 0.25) is 0 Å². The Morgan fingerprint density at radius 3 is 3.00 bits per heavy atom. The lowest BCUT2D eigenvalue weighted by Gasteiger charge is -1.86. The Morgan fingerprint density at radius 2 is 2.33 bits per heavy atom. The number of nitrogens with two attached hydrogens (primary N) is 1. The van der Waals surface area contributed by atoms with Crippen LogP contribution in [0.25, 0.3) is 10.2 Å². The molecule has 0 saturated heterocycles. The van der Waals surface area contributed by atoms with Gasteiger partial charge in [-0.15, -0.1) is 11.3 Å². The molecule has 0 unspecified atom stereocenters. The molecule has 0 aliphatic carbocycles. The van der Waals surface area contributed by atoms with Gasteiger partial charge in [-0.05, 0) is 12.1 Å². The first kappa shape index (κ1) is 7.64. The van der Waals surface area contributed by atoms with Gasteiger partial charge in [0, 0.05) is 6.54 Å². The smallest absolute Gasteiger partial charge is 0.142 e. The van der Waals surface area contributed by atoms with Crippen molar-refractivity contribution in [3.8, 4) is 0 Å². The number of hydrogen-bond donors (Lipinski definition) is 1. The minimum atomic E-state index is -0.218. The molecule has 0 aliphatic rings. The summed E-state index contributed by atoms with van der Waals surface area (Å²) in [6.45, 7) is 0.374. The quantitative estimate of drug-likeness (QED) is 0.731. The number of aromatic nitrogens is 1. The topological polar surface area (TPSA) is 38.9 Å². The summed E-state index contributed by atoms with van der Waals surface area (Å²) < 4.78 is 13.7. The first-order valence-electron chi connectivity index (χ1n) is 3.55. The number of benzene rings is 1. The fraction of sp³-hybridized carbons (Fsp3) is 0.125. The van der Waals surface area contributed by atoms with Crippen LogP contribution in [0.4, 0.5) is 4.39 Å². The molecular formula is C8H7FN2S. The predicted molar refractivity (Wildman–Crippen MR) is 47.5 cm³/mol. The van der Waals surface area contributed by atoms with E-state index in [-0.39, 0.29) is 5.82 Å². The molecule has 0 saturated carbocycles. The monoisotopic (exact) mass is 182 g/mol. The normalized spacial score (nSPS) is 10.8. The second-order valence-electron chi connectivity index (χ2n) is 2.40. The van der Waals surface area contributed by atoms with Crippen molar-refractivity contribution in [2.75, 3.05) is 0 Å². The second-order valence-corrected chi connectivity index (χ2v) is 3.48. The summed E-state index contributed by atoms with van der Waals surface area (Å²) in [4.78, 5) is 4.15. The van der Waals surface area contributed by atoms with Crippen molar-refractivity contribution in [1.82, 2.24) is 4.98 Å². The van der Waals surface area contributed by atoms with Crippen LogP contribution in [0.15, 0.2) is 18.2 Å². The Balaban J connectivity index is 2.74. The lowest BCUT2D eigenvalue weighted by atomic mass is 10.3. The number of fused-ring (bicyclic) bond motifs is 1. The third-order valence-corrected chi connectivity index (χ3v) is 2.69. The first-order chi connectivity index (χ1) is 5.81. The minimum Gasteiger partial charge on any atom is -0.325 e. The van der Waals surface area contributed by atoms with E-state index in [1.165, 1.54) is 17.4 Å². The fourth-order valence-corrected chi connectivity index (χ4v) is 1.90. The van der Waals surface area contributed by atoms with Crippen molar-refractivity contribution >= 4 is 21.6 Å². The van der Waals surface area contributed by atoms with Crippen LogP contribution in [-0.4, -0.2) is 4.98 Å². The number of thiazole rings is 1. The van der Waals surface area contributed by atoms with Crippen LogP contribution in [0.5, 0.6) is 0 Å². The van der Waals surface area contributed by atoms with Crippen LogP contribution in [-0.2, 0) is 6.54 Å². The largest absolute Gasteiger partial charge is 0.325 e. The minimum absolute atomic E-state index is 0.218. The van der Waals surface area contributed by atoms with E-state index >= 15 is 0 Å². The molecule has 0 aliphatic heterocycles. The molecule has 12 heavy (non-hydrogen) atoms. The third-order valence-electron chi connectivity index (χ3n) is 1.59. The van der Waals surface area contributed by atoms with Gasteiger partial charge in [0.05, 0.1) is 10.2 Å². The summed E-state index contributed by atoms with van der Waals surface area (Å²) in [5.41, 5.74) is 6.08. The highest BCUT2D eigenvalue weighted by atomic mass is 32.1. The molecular weight excluding hydrogens is 175 g/mol. The van der Waals surface area contributed by atoms with Gasteiger partial charge in [0.25, 0.3) is 0 Å². The highest BCUT2D eigenvalue weighted by Gasteiger charge is 2.05. The van der Waals surface area contributed by atoms with Gasteiger partial charge < -0.3 is 5.73 Å². The van der Waals surface area contributed by atoms with Crippen LogP contribution in [0.1, 0.15) is 5.01 Å². The van der Waals surface area contributed by atoms with E-state index in [1.54, 1.807) is 12.1 Å². The molecule has 0 radical (unpaired) electrons. The Kier molecular flexibility index (Phi) is 1.78. The summed E-state index contributed by atoms with van der Waals surface area (Å²) in [7, 11) is 0. The molecule has 1 aromatic carbocycles. The van der Waals surface area contributed by atoms with Gasteiger partial charge in [0.1, 0.15) is 10.8 Å². The Bertz CT molecular complexity index is 410. The molecule has 2 rings (SSSR count). The van der Waals surface area contributed by atoms with Crippen molar-refractivity contribution in [3.63, 3.8) is 0 Å². The summed E-state index contributed by atoms with van der Waals surface area (Å²) in [6, 6.07) is 4.87. The van der Waals surface area contributed by atoms with Crippen molar-refractivity contribution in [2.45, 2.75) is 6.54 Å². The maximum atomic E-state index is 13.1. The molecule has 0 fully saturated rings. The Morgan fingerprint density at radius 1 is 1.50 bits per heavy atom. The van der Waals surface area contributed by atoms with E-state index in [9.17, 15) is 4.39 Å². The fourth-order valence-electron chi connectivity index (χ4n) is 1.05. The molecule has 2 aromatic rings. The molecule has 0 spiro atoms. The van der Waals surface area contributed by atoms with Gasteiger partial charge >= 0.3 is 0 Å². The zero-order valence-electron chi connectivity index (χ0n) is 6.25. The molecule has 0 atom stereocenters. The van der Waals surface area contributed by atoms with Gasteiger partial charge in [-0.3, -0.25) is 0 Å². The number of hydrogen-bond acceptors (Lipinski definition) is 3. The van der Waals surface area contributed by atoms with Crippen molar-refractivity contribution in [2.24, 2.45) is 5.73 Å². The van der Waals surface area contributed by atoms with Crippen LogP contribution in [0, 0.1) is 5.82 Å². The Labute approximate surface area is 72.8 Å². The molecule has 62 valence electrons. The summed E-state index contributed by atoms with van der Waals surface area (Å²) >= 11 is 1.31. The first-order valence-corrected chi connectivity index (χ1v) is 4.37. The number of nitrogens with zero attached hydrogens (tertiary/aromatic N) is 1. The SMILES string of the molecule is NCc1nc2cccc(F)c2s1. The highest BCUT2D eigenvalue weighted by molar-refractivity contribution is 7.18. The van der Waals surface area contributed by atoms with Crippen LogP contribution in [0.3, 0.4) is 0 Å². The molecule has 2 nitrogen and oxygen atoms in total. The number of halogens is 1. The molecule has 1 heterocycles. The summed E-state index contributed by atoms with van der Waals surface area (Å²) in [5, 5.41) is 0.773. The highest BCUT2D eigenvalue weighted by Crippen LogP contribution is 2.23. The van der Waals surface area contributed by atoms with E-state index in [0.29, 0.717) is 16.8 Å². The van der Waals surface area contributed by atoms with E-state index in [4.69, 9.17) is 5.73 Å². The molecule has 0 amide bonds. The van der Waals surface area contributed by atoms with Gasteiger partial charge in [-0.1, -0.05) is 6.07 Å². The van der Waals surface area contributed by atoms with Gasteiger partial charge in [-0.25, -0.2) is 9.37 Å². The van der Waals surface area contributed by atoms with E-state index in [1.807, 2.05) is 0 Å². The van der Waals surface area contributed by atoms with E-state index in [2.05, 4.69) is 4.98 Å². The third kappa shape index (κ3) is 1.09. The summed E-state index contributed by atoms with van der Waals surface area (Å²) in [6.07, 6.45) is 0. The molecule has 1 aromatic heterocycles. The van der Waals surface area contributed by atoms with Crippen molar-refractivity contribution < 1.29 is 4.39 Å². The van der Waals surface area contributed by atoms with Gasteiger partial charge in [-0.2, -0.15) is 0 Å². The summed E-state index contributed by atoms with van der Waals surface area (Å²) in [5.74, 6) is -0.218. The molecule has 4 heteroatoms. The average molecular weight is 182 g/mol. The molecule has 2 N–H and O–H groups in total. The lowest BCUT2D eigenvalue weighted by Crippen LogP contribution is -1.93. The maximum Gasteiger partial charge on any atom is 0.142 e. The predicted octanol–water partition coefficient (Wildman–Crippen LogP) is 1.89. The van der Waals surface area contributed by atoms with Crippen LogP contribution < -0.4 is 5.73 Å². The standard InChI is InChI=1S/C8H7FN2S/c9-5-2-1-3-6-8(5)12-7(4-10)11-6/h1-3H,4,10H2. The molecule has 0 bridgehead atoms. The van der Waals surface area contributed by atoms with Crippen molar-refractivity contribution in [3.05, 3.63) is 29.0 Å². The number of rotatable bonds is 1.